The van der Waals surface area contributed by atoms with Gasteiger partial charge in [0.1, 0.15) is 17.5 Å². The van der Waals surface area contributed by atoms with E-state index < -0.39 is 0 Å². The fraction of sp³-hybridized carbons (Fsp3) is 0.357. The van der Waals surface area contributed by atoms with Crippen LogP contribution in [-0.4, -0.2) is 15.0 Å². The van der Waals surface area contributed by atoms with Crippen molar-refractivity contribution in [2.75, 3.05) is 5.32 Å². The Bertz CT molecular complexity index is 509. The summed E-state index contributed by atoms with van der Waals surface area (Å²) in [7, 11) is 0. The molecule has 2 heterocycles. The number of nitrogens with one attached hydrogen (secondary N) is 1. The Kier molecular flexibility index (Phi) is 5.24. The first-order chi connectivity index (χ1) is 8.65. The van der Waals surface area contributed by atoms with E-state index in [2.05, 4.69) is 27.2 Å². The highest BCUT2D eigenvalue weighted by molar-refractivity contribution is 5.52. The first kappa shape index (κ1) is 14.1. The van der Waals surface area contributed by atoms with Gasteiger partial charge in [-0.3, -0.25) is 0 Å². The molecule has 96 valence electrons. The lowest BCUT2D eigenvalue weighted by Crippen LogP contribution is -1.99. The van der Waals surface area contributed by atoms with Crippen molar-refractivity contribution in [3.63, 3.8) is 0 Å². The minimum atomic E-state index is 0.744. The van der Waals surface area contributed by atoms with Crippen LogP contribution in [0, 0.1) is 20.8 Å². The van der Waals surface area contributed by atoms with Crippen LogP contribution in [0.25, 0.3) is 0 Å². The van der Waals surface area contributed by atoms with Gasteiger partial charge in [0.15, 0.2) is 0 Å². The Morgan fingerprint density at radius 3 is 2.28 bits per heavy atom. The molecule has 0 aromatic carbocycles. The van der Waals surface area contributed by atoms with E-state index in [0.29, 0.717) is 0 Å². The zero-order chi connectivity index (χ0) is 13.5. The number of nitrogens with zero attached hydrogens (tertiary/aromatic N) is 3. The number of anilines is 2. The smallest absolute Gasteiger partial charge is 0.135 e. The van der Waals surface area contributed by atoms with Crippen molar-refractivity contribution in [2.45, 2.75) is 34.6 Å². The highest BCUT2D eigenvalue weighted by Gasteiger charge is 2.00. The molecule has 0 spiro atoms. The molecule has 0 radical (unpaired) electrons. The van der Waals surface area contributed by atoms with E-state index in [0.717, 1.165) is 17.5 Å². The predicted molar refractivity (Wildman–Crippen MR) is 75.1 cm³/mol. The number of aryl methyl sites for hydroxylation is 3. The monoisotopic (exact) mass is 244 g/mol. The lowest BCUT2D eigenvalue weighted by Gasteiger charge is -2.06. The van der Waals surface area contributed by atoms with E-state index in [1.54, 1.807) is 6.20 Å². The molecule has 0 unspecified atom stereocenters. The molecule has 2 aromatic rings. The van der Waals surface area contributed by atoms with E-state index in [9.17, 15) is 0 Å². The van der Waals surface area contributed by atoms with E-state index in [1.165, 1.54) is 11.1 Å². The Morgan fingerprint density at radius 2 is 1.67 bits per heavy atom. The van der Waals surface area contributed by atoms with Crippen LogP contribution in [0.15, 0.2) is 24.5 Å². The Morgan fingerprint density at radius 1 is 0.944 bits per heavy atom. The molecule has 4 heteroatoms. The molecule has 4 nitrogen and oxygen atoms in total. The fourth-order valence-electron chi connectivity index (χ4n) is 1.35. The van der Waals surface area contributed by atoms with Gasteiger partial charge >= 0.3 is 0 Å². The Labute approximate surface area is 109 Å². The summed E-state index contributed by atoms with van der Waals surface area (Å²) < 4.78 is 0. The maximum atomic E-state index is 4.29. The second-order valence-corrected chi connectivity index (χ2v) is 3.77. The third kappa shape index (κ3) is 3.80. The SMILES string of the molecule is CC.Cc1nccc(Nc2cc(C)c(C)cn2)n1. The van der Waals surface area contributed by atoms with Gasteiger partial charge in [0.2, 0.25) is 0 Å². The van der Waals surface area contributed by atoms with Crippen molar-refractivity contribution in [3.8, 4) is 0 Å². The number of aromatic nitrogens is 3. The third-order valence-corrected chi connectivity index (χ3v) is 2.40. The summed E-state index contributed by atoms with van der Waals surface area (Å²) in [5, 5.41) is 3.15. The average molecular weight is 244 g/mol. The van der Waals surface area contributed by atoms with E-state index >= 15 is 0 Å². The zero-order valence-corrected chi connectivity index (χ0v) is 11.7. The van der Waals surface area contributed by atoms with Crippen LogP contribution in [0.1, 0.15) is 30.8 Å². The summed E-state index contributed by atoms with van der Waals surface area (Å²) in [6.07, 6.45) is 3.58. The van der Waals surface area contributed by atoms with Crippen molar-refractivity contribution in [1.29, 1.82) is 0 Å². The highest BCUT2D eigenvalue weighted by atomic mass is 15.1. The molecule has 2 rings (SSSR count). The lowest BCUT2D eigenvalue weighted by molar-refractivity contribution is 1.05. The average Bonchev–Trinajstić information content (AvgIpc) is 2.36. The van der Waals surface area contributed by atoms with Crippen LogP contribution in [0.5, 0.6) is 0 Å². The molecule has 0 saturated heterocycles. The molecule has 18 heavy (non-hydrogen) atoms. The molecule has 0 saturated carbocycles. The summed E-state index contributed by atoms with van der Waals surface area (Å²) in [5.41, 5.74) is 2.40. The lowest BCUT2D eigenvalue weighted by atomic mass is 10.2. The van der Waals surface area contributed by atoms with Crippen molar-refractivity contribution in [1.82, 2.24) is 15.0 Å². The summed E-state index contributed by atoms with van der Waals surface area (Å²) in [6, 6.07) is 3.83. The minimum absolute atomic E-state index is 0.744. The van der Waals surface area contributed by atoms with Gasteiger partial charge in [0.25, 0.3) is 0 Å². The van der Waals surface area contributed by atoms with Crippen LogP contribution in [0.4, 0.5) is 11.6 Å². The van der Waals surface area contributed by atoms with Crippen LogP contribution < -0.4 is 5.32 Å². The maximum absolute atomic E-state index is 4.29. The van der Waals surface area contributed by atoms with Crippen molar-refractivity contribution in [3.05, 3.63) is 41.5 Å². The molecule has 0 aliphatic carbocycles. The topological polar surface area (TPSA) is 50.7 Å². The standard InChI is InChI=1S/C12H14N4.C2H6/c1-8-6-12(14-7-9(8)2)16-11-4-5-13-10(3)15-11;1-2/h4-7H,1-3H3,(H,13,14,15,16);1-2H3. The third-order valence-electron chi connectivity index (χ3n) is 2.40. The quantitative estimate of drug-likeness (QED) is 0.877. The molecule has 0 aliphatic rings. The predicted octanol–water partition coefficient (Wildman–Crippen LogP) is 3.57. The summed E-state index contributed by atoms with van der Waals surface area (Å²) >= 11 is 0. The largest absolute Gasteiger partial charge is 0.325 e. The molecule has 0 aliphatic heterocycles. The molecular formula is C14H20N4. The van der Waals surface area contributed by atoms with Gasteiger partial charge < -0.3 is 5.32 Å². The zero-order valence-electron chi connectivity index (χ0n) is 11.7. The number of hydrogen-bond donors (Lipinski definition) is 1. The van der Waals surface area contributed by atoms with Crippen LogP contribution in [0.3, 0.4) is 0 Å². The molecule has 2 aromatic heterocycles. The van der Waals surface area contributed by atoms with Crippen LogP contribution in [-0.2, 0) is 0 Å². The molecule has 1 N–H and O–H groups in total. The summed E-state index contributed by atoms with van der Waals surface area (Å²) in [6.45, 7) is 9.97. The van der Waals surface area contributed by atoms with Gasteiger partial charge in [-0.2, -0.15) is 0 Å². The first-order valence-corrected chi connectivity index (χ1v) is 6.15. The maximum Gasteiger partial charge on any atom is 0.135 e. The van der Waals surface area contributed by atoms with Crippen molar-refractivity contribution in [2.24, 2.45) is 0 Å². The number of pyridine rings is 1. The highest BCUT2D eigenvalue weighted by Crippen LogP contribution is 2.14. The van der Waals surface area contributed by atoms with Gasteiger partial charge in [0, 0.05) is 12.4 Å². The first-order valence-electron chi connectivity index (χ1n) is 6.15. The number of rotatable bonds is 2. The van der Waals surface area contributed by atoms with Gasteiger partial charge in [-0.1, -0.05) is 13.8 Å². The molecule has 0 atom stereocenters. The minimum Gasteiger partial charge on any atom is -0.325 e. The Hall–Kier alpha value is -1.97. The second-order valence-electron chi connectivity index (χ2n) is 3.77. The Balaban J connectivity index is 0.000000771. The van der Waals surface area contributed by atoms with Gasteiger partial charge in [0.05, 0.1) is 0 Å². The summed E-state index contributed by atoms with van der Waals surface area (Å²) in [5.74, 6) is 2.32. The van der Waals surface area contributed by atoms with E-state index in [4.69, 9.17) is 0 Å². The molecular weight excluding hydrogens is 224 g/mol. The van der Waals surface area contributed by atoms with Crippen LogP contribution in [0.2, 0.25) is 0 Å². The molecule has 0 bridgehead atoms. The molecule has 0 amide bonds. The van der Waals surface area contributed by atoms with Crippen LogP contribution >= 0.6 is 0 Å². The normalized spacial score (nSPS) is 9.39. The van der Waals surface area contributed by atoms with E-state index in [1.807, 2.05) is 46.0 Å². The van der Waals surface area contributed by atoms with Crippen molar-refractivity contribution >= 4 is 11.6 Å². The second kappa shape index (κ2) is 6.69. The van der Waals surface area contributed by atoms with Gasteiger partial charge in [-0.25, -0.2) is 15.0 Å². The van der Waals surface area contributed by atoms with E-state index in [-0.39, 0.29) is 0 Å². The summed E-state index contributed by atoms with van der Waals surface area (Å²) in [4.78, 5) is 12.6. The fourth-order valence-corrected chi connectivity index (χ4v) is 1.35. The van der Waals surface area contributed by atoms with Gasteiger partial charge in [-0.15, -0.1) is 0 Å². The number of hydrogen-bond acceptors (Lipinski definition) is 4. The van der Waals surface area contributed by atoms with Gasteiger partial charge in [-0.05, 0) is 44.0 Å². The van der Waals surface area contributed by atoms with Crippen molar-refractivity contribution < 1.29 is 0 Å². The molecule has 0 fully saturated rings.